The molecule has 2 aromatic carbocycles. The Labute approximate surface area is 123 Å². The van der Waals surface area contributed by atoms with Gasteiger partial charge in [0.05, 0.1) is 23.7 Å². The molecule has 0 amide bonds. The van der Waals surface area contributed by atoms with Crippen LogP contribution in [0.1, 0.15) is 24.1 Å². The molecule has 3 nitrogen and oxygen atoms in total. The second-order valence-electron chi connectivity index (χ2n) is 4.41. The third kappa shape index (κ3) is 3.04. The summed E-state index contributed by atoms with van der Waals surface area (Å²) < 4.78 is 5.35. The number of nitrogens with one attached hydrogen (secondary N) is 1. The van der Waals surface area contributed by atoms with E-state index in [0.717, 1.165) is 17.0 Å². The van der Waals surface area contributed by atoms with Crippen molar-refractivity contribution in [1.29, 1.82) is 5.26 Å². The normalized spacial score (nSPS) is 11.5. The van der Waals surface area contributed by atoms with Crippen molar-refractivity contribution in [2.45, 2.75) is 13.0 Å². The van der Waals surface area contributed by atoms with Crippen LogP contribution in [0.25, 0.3) is 0 Å². The molecular weight excluding hydrogens is 272 g/mol. The summed E-state index contributed by atoms with van der Waals surface area (Å²) in [6.45, 7) is 2.04. The van der Waals surface area contributed by atoms with E-state index in [1.54, 1.807) is 19.2 Å². The minimum Gasteiger partial charge on any atom is -0.496 e. The first-order chi connectivity index (χ1) is 9.65. The van der Waals surface area contributed by atoms with Gasteiger partial charge in [0.2, 0.25) is 0 Å². The van der Waals surface area contributed by atoms with Crippen molar-refractivity contribution < 1.29 is 4.74 Å². The molecule has 4 heteroatoms. The van der Waals surface area contributed by atoms with Gasteiger partial charge in [0.15, 0.2) is 0 Å². The van der Waals surface area contributed by atoms with E-state index in [-0.39, 0.29) is 6.04 Å². The van der Waals surface area contributed by atoms with Crippen LogP contribution in [-0.2, 0) is 0 Å². The lowest BCUT2D eigenvalue weighted by atomic mass is 10.1. The highest BCUT2D eigenvalue weighted by Gasteiger charge is 2.11. The van der Waals surface area contributed by atoms with E-state index in [9.17, 15) is 0 Å². The van der Waals surface area contributed by atoms with Crippen LogP contribution in [0.5, 0.6) is 5.75 Å². The highest BCUT2D eigenvalue weighted by atomic mass is 35.5. The third-order valence-corrected chi connectivity index (χ3v) is 3.41. The topological polar surface area (TPSA) is 45.0 Å². The Morgan fingerprint density at radius 3 is 2.70 bits per heavy atom. The van der Waals surface area contributed by atoms with Crippen LogP contribution in [-0.4, -0.2) is 7.11 Å². The monoisotopic (exact) mass is 286 g/mol. The maximum atomic E-state index is 8.99. The predicted octanol–water partition coefficient (Wildman–Crippen LogP) is 4.39. The van der Waals surface area contributed by atoms with E-state index < -0.39 is 0 Å². The first-order valence-electron chi connectivity index (χ1n) is 6.25. The maximum Gasteiger partial charge on any atom is 0.124 e. The molecule has 102 valence electrons. The molecule has 0 saturated carbocycles. The van der Waals surface area contributed by atoms with Crippen molar-refractivity contribution in [1.82, 2.24) is 0 Å². The number of nitriles is 1. The van der Waals surface area contributed by atoms with Crippen LogP contribution < -0.4 is 10.1 Å². The molecule has 0 aliphatic heterocycles. The van der Waals surface area contributed by atoms with Crippen molar-refractivity contribution >= 4 is 17.3 Å². The number of hydrogen-bond acceptors (Lipinski definition) is 3. The van der Waals surface area contributed by atoms with Crippen molar-refractivity contribution in [3.8, 4) is 11.8 Å². The Kier molecular flexibility index (Phi) is 4.49. The zero-order valence-corrected chi connectivity index (χ0v) is 12.1. The molecule has 1 N–H and O–H groups in total. The van der Waals surface area contributed by atoms with Crippen molar-refractivity contribution in [2.24, 2.45) is 0 Å². The van der Waals surface area contributed by atoms with Crippen LogP contribution in [0, 0.1) is 11.3 Å². The highest BCUT2D eigenvalue weighted by Crippen LogP contribution is 2.28. The summed E-state index contributed by atoms with van der Waals surface area (Å²) in [6.07, 6.45) is 0. The third-order valence-electron chi connectivity index (χ3n) is 3.08. The molecule has 0 bridgehead atoms. The number of nitrogens with zero attached hydrogens (tertiary/aromatic N) is 1. The fraction of sp³-hybridized carbons (Fsp3) is 0.188. The van der Waals surface area contributed by atoms with Crippen molar-refractivity contribution in [3.05, 3.63) is 58.6 Å². The van der Waals surface area contributed by atoms with E-state index in [0.29, 0.717) is 10.6 Å². The molecule has 0 radical (unpaired) electrons. The summed E-state index contributed by atoms with van der Waals surface area (Å²) in [4.78, 5) is 0. The van der Waals surface area contributed by atoms with Gasteiger partial charge in [-0.2, -0.15) is 5.26 Å². The number of ether oxygens (including phenoxy) is 1. The van der Waals surface area contributed by atoms with Gasteiger partial charge in [-0.25, -0.2) is 0 Å². The number of halogens is 1. The largest absolute Gasteiger partial charge is 0.496 e. The highest BCUT2D eigenvalue weighted by molar-refractivity contribution is 6.31. The van der Waals surface area contributed by atoms with E-state index in [1.165, 1.54) is 0 Å². The van der Waals surface area contributed by atoms with Gasteiger partial charge in [0, 0.05) is 11.3 Å². The van der Waals surface area contributed by atoms with Gasteiger partial charge in [-0.1, -0.05) is 29.8 Å². The summed E-state index contributed by atoms with van der Waals surface area (Å²) in [6, 6.07) is 15.3. The molecule has 0 aliphatic rings. The maximum absolute atomic E-state index is 8.99. The zero-order valence-electron chi connectivity index (χ0n) is 11.4. The van der Waals surface area contributed by atoms with Crippen LogP contribution in [0.3, 0.4) is 0 Å². The Hall–Kier alpha value is -2.18. The van der Waals surface area contributed by atoms with Crippen LogP contribution in [0.2, 0.25) is 5.02 Å². The average molecular weight is 287 g/mol. The molecular formula is C16H15ClN2O. The molecule has 0 heterocycles. The first kappa shape index (κ1) is 14.2. The number of para-hydroxylation sites is 1. The summed E-state index contributed by atoms with van der Waals surface area (Å²) in [5.41, 5.74) is 2.37. The number of anilines is 1. The summed E-state index contributed by atoms with van der Waals surface area (Å²) in [7, 11) is 1.65. The van der Waals surface area contributed by atoms with Gasteiger partial charge < -0.3 is 10.1 Å². The van der Waals surface area contributed by atoms with Gasteiger partial charge in [-0.15, -0.1) is 0 Å². The second-order valence-corrected chi connectivity index (χ2v) is 4.82. The predicted molar refractivity (Wildman–Crippen MR) is 81.2 cm³/mol. The van der Waals surface area contributed by atoms with Crippen LogP contribution in [0.15, 0.2) is 42.5 Å². The fourth-order valence-electron chi connectivity index (χ4n) is 2.05. The standard InChI is InChI=1S/C16H15ClN2O/c1-11(14-5-3-4-6-16(14)20-2)19-13-7-8-15(17)12(9-13)10-18/h3-9,11,19H,1-2H3. The lowest BCUT2D eigenvalue weighted by molar-refractivity contribution is 0.408. The second kappa shape index (κ2) is 6.31. The fourth-order valence-corrected chi connectivity index (χ4v) is 2.21. The molecule has 0 fully saturated rings. The molecule has 1 atom stereocenters. The molecule has 0 aliphatic carbocycles. The van der Waals surface area contributed by atoms with Gasteiger partial charge in [0.25, 0.3) is 0 Å². The van der Waals surface area contributed by atoms with Gasteiger partial charge in [0.1, 0.15) is 11.8 Å². The first-order valence-corrected chi connectivity index (χ1v) is 6.62. The van der Waals surface area contributed by atoms with Crippen molar-refractivity contribution in [3.63, 3.8) is 0 Å². The minimum absolute atomic E-state index is 0.0545. The Bertz CT molecular complexity index is 649. The summed E-state index contributed by atoms with van der Waals surface area (Å²) >= 11 is 5.93. The van der Waals surface area contributed by atoms with Crippen molar-refractivity contribution in [2.75, 3.05) is 12.4 Å². The van der Waals surface area contributed by atoms with Gasteiger partial charge >= 0.3 is 0 Å². The number of benzene rings is 2. The van der Waals surface area contributed by atoms with Gasteiger partial charge in [-0.05, 0) is 31.2 Å². The Morgan fingerprint density at radius 2 is 2.00 bits per heavy atom. The molecule has 0 saturated heterocycles. The van der Waals surface area contributed by atoms with E-state index in [4.69, 9.17) is 21.6 Å². The van der Waals surface area contributed by atoms with Crippen LogP contribution in [0.4, 0.5) is 5.69 Å². The smallest absolute Gasteiger partial charge is 0.124 e. The lowest BCUT2D eigenvalue weighted by Gasteiger charge is -2.18. The van der Waals surface area contributed by atoms with E-state index in [2.05, 4.69) is 11.4 Å². The van der Waals surface area contributed by atoms with Gasteiger partial charge in [-0.3, -0.25) is 0 Å². The summed E-state index contributed by atoms with van der Waals surface area (Å²) in [5, 5.41) is 12.8. The molecule has 2 aromatic rings. The number of methoxy groups -OCH3 is 1. The molecule has 0 spiro atoms. The molecule has 20 heavy (non-hydrogen) atoms. The zero-order chi connectivity index (χ0) is 14.5. The summed E-state index contributed by atoms with van der Waals surface area (Å²) in [5.74, 6) is 0.835. The molecule has 2 rings (SSSR count). The van der Waals surface area contributed by atoms with E-state index in [1.807, 2.05) is 37.3 Å². The Balaban J connectivity index is 2.24. The molecule has 1 unspecified atom stereocenters. The van der Waals surface area contributed by atoms with Crippen LogP contribution >= 0.6 is 11.6 Å². The lowest BCUT2D eigenvalue weighted by Crippen LogP contribution is -2.08. The quantitative estimate of drug-likeness (QED) is 0.906. The number of rotatable bonds is 4. The van der Waals surface area contributed by atoms with E-state index >= 15 is 0 Å². The number of hydrogen-bond donors (Lipinski definition) is 1. The average Bonchev–Trinajstić information content (AvgIpc) is 2.49. The minimum atomic E-state index is 0.0545. The Morgan fingerprint density at radius 1 is 1.25 bits per heavy atom. The molecule has 0 aromatic heterocycles. The SMILES string of the molecule is COc1ccccc1C(C)Nc1ccc(Cl)c(C#N)c1.